The summed E-state index contributed by atoms with van der Waals surface area (Å²) in [5.74, 6) is 2.68. The summed E-state index contributed by atoms with van der Waals surface area (Å²) >= 11 is 0. The molecular weight excluding hydrogens is 336 g/mol. The number of ether oxygens (including phenoxy) is 2. The maximum Gasteiger partial charge on any atom is 0.126 e. The number of hydrogen-bond acceptors (Lipinski definition) is 4. The summed E-state index contributed by atoms with van der Waals surface area (Å²) in [6.07, 6.45) is 1.78. The van der Waals surface area contributed by atoms with Gasteiger partial charge in [-0.05, 0) is 67.3 Å². The summed E-state index contributed by atoms with van der Waals surface area (Å²) in [5, 5.41) is 3.29. The summed E-state index contributed by atoms with van der Waals surface area (Å²) in [4.78, 5) is 4.25. The van der Waals surface area contributed by atoms with Crippen LogP contribution in [0.1, 0.15) is 22.3 Å². The normalized spacial score (nSPS) is 10.5. The van der Waals surface area contributed by atoms with Crippen LogP contribution in [0, 0.1) is 20.8 Å². The molecule has 1 aromatic heterocycles. The van der Waals surface area contributed by atoms with Gasteiger partial charge in [0.25, 0.3) is 0 Å². The third-order valence-electron chi connectivity index (χ3n) is 4.53. The minimum atomic E-state index is 0.512. The number of aromatic nitrogens is 1. The van der Waals surface area contributed by atoms with Crippen LogP contribution in [0.3, 0.4) is 0 Å². The number of pyridine rings is 1. The van der Waals surface area contributed by atoms with Crippen LogP contribution >= 0.6 is 0 Å². The van der Waals surface area contributed by atoms with E-state index in [0.717, 1.165) is 29.4 Å². The summed E-state index contributed by atoms with van der Waals surface area (Å²) in [6.45, 7) is 8.03. The molecule has 0 bridgehead atoms. The van der Waals surface area contributed by atoms with Crippen LogP contribution in [0.4, 0.5) is 5.82 Å². The van der Waals surface area contributed by atoms with Crippen LogP contribution in [0.25, 0.3) is 0 Å². The molecule has 0 fully saturated rings. The molecule has 4 heteroatoms. The molecule has 1 heterocycles. The lowest BCUT2D eigenvalue weighted by Gasteiger charge is -2.14. The van der Waals surface area contributed by atoms with Gasteiger partial charge in [0, 0.05) is 12.7 Å². The first-order valence-corrected chi connectivity index (χ1v) is 9.20. The second-order valence-electron chi connectivity index (χ2n) is 6.56. The van der Waals surface area contributed by atoms with Gasteiger partial charge in [0.05, 0.1) is 0 Å². The predicted octanol–water partition coefficient (Wildman–Crippen LogP) is 5.08. The molecule has 3 aromatic rings. The number of hydrogen-bond donors (Lipinski definition) is 1. The summed E-state index contributed by atoms with van der Waals surface area (Å²) in [7, 11) is 0. The first kappa shape index (κ1) is 18.8. The SMILES string of the molecule is Cc1ccc(C)c(OCCOc2ccc(CNc3ccccn3)cc2)c1C. The third kappa shape index (κ3) is 5.23. The van der Waals surface area contributed by atoms with Gasteiger partial charge in [0.1, 0.15) is 30.5 Å². The van der Waals surface area contributed by atoms with E-state index in [9.17, 15) is 0 Å². The first-order valence-electron chi connectivity index (χ1n) is 9.20. The van der Waals surface area contributed by atoms with Gasteiger partial charge >= 0.3 is 0 Å². The van der Waals surface area contributed by atoms with E-state index in [2.05, 4.69) is 55.3 Å². The second kappa shape index (κ2) is 9.08. The van der Waals surface area contributed by atoms with Gasteiger partial charge in [-0.15, -0.1) is 0 Å². The smallest absolute Gasteiger partial charge is 0.126 e. The number of nitrogens with zero attached hydrogens (tertiary/aromatic N) is 1. The Morgan fingerprint density at radius 1 is 0.815 bits per heavy atom. The molecule has 0 spiro atoms. The average Bonchev–Trinajstić information content (AvgIpc) is 2.70. The lowest BCUT2D eigenvalue weighted by atomic mass is 10.1. The van der Waals surface area contributed by atoms with E-state index in [1.165, 1.54) is 16.7 Å². The molecular formula is C23H26N2O2. The zero-order valence-corrected chi connectivity index (χ0v) is 16.2. The topological polar surface area (TPSA) is 43.4 Å². The molecule has 0 amide bonds. The lowest BCUT2D eigenvalue weighted by molar-refractivity contribution is 0.215. The van der Waals surface area contributed by atoms with Crippen molar-refractivity contribution in [2.45, 2.75) is 27.3 Å². The van der Waals surface area contributed by atoms with Gasteiger partial charge in [0.2, 0.25) is 0 Å². The molecule has 0 aliphatic carbocycles. The molecule has 0 saturated heterocycles. The monoisotopic (exact) mass is 362 g/mol. The van der Waals surface area contributed by atoms with Crippen LogP contribution in [0.5, 0.6) is 11.5 Å². The molecule has 27 heavy (non-hydrogen) atoms. The summed E-state index contributed by atoms with van der Waals surface area (Å²) in [5.41, 5.74) is 4.77. The maximum absolute atomic E-state index is 5.94. The van der Waals surface area contributed by atoms with Crippen molar-refractivity contribution in [2.75, 3.05) is 18.5 Å². The van der Waals surface area contributed by atoms with E-state index in [0.29, 0.717) is 13.2 Å². The largest absolute Gasteiger partial charge is 0.490 e. The van der Waals surface area contributed by atoms with E-state index in [1.807, 2.05) is 30.3 Å². The number of benzene rings is 2. The van der Waals surface area contributed by atoms with E-state index in [4.69, 9.17) is 9.47 Å². The van der Waals surface area contributed by atoms with Crippen molar-refractivity contribution in [2.24, 2.45) is 0 Å². The maximum atomic E-state index is 5.94. The molecule has 0 saturated carbocycles. The van der Waals surface area contributed by atoms with Gasteiger partial charge in [-0.25, -0.2) is 4.98 Å². The van der Waals surface area contributed by atoms with Gasteiger partial charge in [-0.3, -0.25) is 0 Å². The van der Waals surface area contributed by atoms with Crippen LogP contribution in [0.2, 0.25) is 0 Å². The molecule has 1 N–H and O–H groups in total. The predicted molar refractivity (Wildman–Crippen MR) is 110 cm³/mol. The van der Waals surface area contributed by atoms with Gasteiger partial charge in [0.15, 0.2) is 0 Å². The first-order chi connectivity index (χ1) is 13.1. The summed E-state index contributed by atoms with van der Waals surface area (Å²) in [6, 6.07) is 18.1. The van der Waals surface area contributed by atoms with Gasteiger partial charge in [-0.2, -0.15) is 0 Å². The number of aryl methyl sites for hydroxylation is 2. The van der Waals surface area contributed by atoms with Crippen molar-refractivity contribution in [3.8, 4) is 11.5 Å². The zero-order valence-electron chi connectivity index (χ0n) is 16.2. The zero-order chi connectivity index (χ0) is 19.1. The van der Waals surface area contributed by atoms with E-state index >= 15 is 0 Å². The highest BCUT2D eigenvalue weighted by atomic mass is 16.5. The quantitative estimate of drug-likeness (QED) is 0.568. The van der Waals surface area contributed by atoms with Crippen molar-refractivity contribution >= 4 is 5.82 Å². The highest BCUT2D eigenvalue weighted by Gasteiger charge is 2.06. The Hall–Kier alpha value is -3.01. The molecule has 0 unspecified atom stereocenters. The van der Waals surface area contributed by atoms with Crippen molar-refractivity contribution in [3.05, 3.63) is 83.0 Å². The molecule has 3 rings (SSSR count). The lowest BCUT2D eigenvalue weighted by Crippen LogP contribution is -2.10. The molecule has 0 radical (unpaired) electrons. The standard InChI is InChI=1S/C23H26N2O2/c1-17-7-8-18(2)23(19(17)3)27-15-14-26-21-11-9-20(10-12-21)16-25-22-6-4-5-13-24-22/h4-13H,14-16H2,1-3H3,(H,24,25). The molecule has 0 aliphatic heterocycles. The fraction of sp³-hybridized carbons (Fsp3) is 0.261. The fourth-order valence-electron chi connectivity index (χ4n) is 2.81. The highest BCUT2D eigenvalue weighted by molar-refractivity contribution is 5.44. The number of anilines is 1. The Labute approximate surface area is 161 Å². The Kier molecular flexibility index (Phi) is 6.31. The Bertz CT molecular complexity index is 862. The highest BCUT2D eigenvalue weighted by Crippen LogP contribution is 2.25. The number of rotatable bonds is 8. The molecule has 0 aliphatic rings. The fourth-order valence-corrected chi connectivity index (χ4v) is 2.81. The minimum Gasteiger partial charge on any atom is -0.490 e. The van der Waals surface area contributed by atoms with Crippen LogP contribution < -0.4 is 14.8 Å². The van der Waals surface area contributed by atoms with E-state index in [1.54, 1.807) is 6.20 Å². The van der Waals surface area contributed by atoms with Crippen molar-refractivity contribution in [3.63, 3.8) is 0 Å². The Morgan fingerprint density at radius 2 is 1.56 bits per heavy atom. The molecule has 0 atom stereocenters. The second-order valence-corrected chi connectivity index (χ2v) is 6.56. The molecule has 2 aromatic carbocycles. The van der Waals surface area contributed by atoms with Gasteiger partial charge in [-0.1, -0.05) is 30.3 Å². The third-order valence-corrected chi connectivity index (χ3v) is 4.53. The van der Waals surface area contributed by atoms with Crippen molar-refractivity contribution in [1.82, 2.24) is 4.98 Å². The minimum absolute atomic E-state index is 0.512. The Balaban J connectivity index is 1.45. The van der Waals surface area contributed by atoms with E-state index in [-0.39, 0.29) is 0 Å². The average molecular weight is 362 g/mol. The van der Waals surface area contributed by atoms with Crippen molar-refractivity contribution < 1.29 is 9.47 Å². The van der Waals surface area contributed by atoms with E-state index < -0.39 is 0 Å². The van der Waals surface area contributed by atoms with Crippen LogP contribution in [-0.4, -0.2) is 18.2 Å². The van der Waals surface area contributed by atoms with Gasteiger partial charge < -0.3 is 14.8 Å². The summed E-state index contributed by atoms with van der Waals surface area (Å²) < 4.78 is 11.7. The van der Waals surface area contributed by atoms with Crippen LogP contribution in [0.15, 0.2) is 60.8 Å². The molecule has 4 nitrogen and oxygen atoms in total. The molecule has 140 valence electrons. The van der Waals surface area contributed by atoms with Crippen molar-refractivity contribution in [1.29, 1.82) is 0 Å². The Morgan fingerprint density at radius 3 is 2.30 bits per heavy atom. The van der Waals surface area contributed by atoms with Crippen LogP contribution in [-0.2, 0) is 6.54 Å². The number of nitrogens with one attached hydrogen (secondary N) is 1.